The Labute approximate surface area is 77.2 Å². The summed E-state index contributed by atoms with van der Waals surface area (Å²) in [5.74, 6) is 0. The Morgan fingerprint density at radius 1 is 1.83 bits per heavy atom. The standard InChI is InChI=1S/FH3NO2P.K/c1-5(2,3)4;/h(H3,2,3,4);/q;+1/p-1. The molecule has 0 aromatic rings. The molecule has 3 nitrogen and oxygen atoms in total. The van der Waals surface area contributed by atoms with Gasteiger partial charge in [-0.3, -0.25) is 10.1 Å². The van der Waals surface area contributed by atoms with Crippen molar-refractivity contribution < 1.29 is 65.0 Å². The van der Waals surface area contributed by atoms with Crippen LogP contribution in [0.3, 0.4) is 0 Å². The summed E-state index contributed by atoms with van der Waals surface area (Å²) in [5.41, 5.74) is 3.69. The minimum Gasteiger partial charge on any atom is -0.763 e. The van der Waals surface area contributed by atoms with Crippen LogP contribution in [0, 0.1) is 0 Å². The molecule has 0 radical (unpaired) electrons. The van der Waals surface area contributed by atoms with E-state index in [4.69, 9.17) is 9.46 Å². The Kier molecular flexibility index (Phi) is 6.54. The molecule has 1 unspecified atom stereocenters. The third-order valence-electron chi connectivity index (χ3n) is 0. The molecule has 0 spiro atoms. The van der Waals surface area contributed by atoms with Crippen LogP contribution in [0.1, 0.15) is 0 Å². The summed E-state index contributed by atoms with van der Waals surface area (Å²) in [6.45, 7) is 0. The van der Waals surface area contributed by atoms with Crippen LogP contribution in [0.4, 0.5) is 4.20 Å². The van der Waals surface area contributed by atoms with Gasteiger partial charge in [-0.2, -0.15) is 4.20 Å². The van der Waals surface area contributed by atoms with E-state index in [9.17, 15) is 4.20 Å². The quantitative estimate of drug-likeness (QED) is 0.277. The van der Waals surface area contributed by atoms with E-state index < -0.39 is 7.83 Å². The first-order valence-corrected chi connectivity index (χ1v) is 2.38. The SMILES string of the molecule is NP(=O)([O-])F.[K+]. The van der Waals surface area contributed by atoms with E-state index in [1.165, 1.54) is 0 Å². The molecule has 0 aliphatic carbocycles. The van der Waals surface area contributed by atoms with Gasteiger partial charge in [-0.05, 0) is 0 Å². The summed E-state index contributed by atoms with van der Waals surface area (Å²) in [6.07, 6.45) is 0. The van der Waals surface area contributed by atoms with E-state index >= 15 is 0 Å². The number of nitrogens with two attached hydrogens (primary N) is 1. The van der Waals surface area contributed by atoms with E-state index in [1.807, 2.05) is 0 Å². The van der Waals surface area contributed by atoms with Crippen molar-refractivity contribution in [3.05, 3.63) is 0 Å². The summed E-state index contributed by atoms with van der Waals surface area (Å²) in [5, 5.41) is 0. The molecule has 32 valence electrons. The largest absolute Gasteiger partial charge is 1.00 e. The molecule has 0 fully saturated rings. The van der Waals surface area contributed by atoms with Gasteiger partial charge < -0.3 is 4.89 Å². The van der Waals surface area contributed by atoms with Crippen LogP contribution in [-0.4, -0.2) is 0 Å². The fraction of sp³-hybridized carbons (Fsp3) is 0. The minimum absolute atomic E-state index is 0. The zero-order valence-corrected chi connectivity index (χ0v) is 7.24. The van der Waals surface area contributed by atoms with Crippen LogP contribution in [0.25, 0.3) is 0 Å². The molecule has 0 aromatic carbocycles. The molecule has 2 N–H and O–H groups in total. The topological polar surface area (TPSA) is 66.2 Å². The van der Waals surface area contributed by atoms with Gasteiger partial charge in [0, 0.05) is 0 Å². The molecule has 0 heterocycles. The third kappa shape index (κ3) is 43.2. The van der Waals surface area contributed by atoms with Gasteiger partial charge in [0.25, 0.3) is 0 Å². The van der Waals surface area contributed by atoms with Crippen molar-refractivity contribution >= 4 is 7.83 Å². The van der Waals surface area contributed by atoms with E-state index in [1.54, 1.807) is 0 Å². The van der Waals surface area contributed by atoms with Crippen LogP contribution < -0.4 is 61.8 Å². The molecular formula is H2FKNO2P. The molecule has 0 amide bonds. The van der Waals surface area contributed by atoms with Crippen LogP contribution in [0.5, 0.6) is 0 Å². The van der Waals surface area contributed by atoms with Crippen molar-refractivity contribution in [2.45, 2.75) is 0 Å². The van der Waals surface area contributed by atoms with E-state index in [0.29, 0.717) is 0 Å². The van der Waals surface area contributed by atoms with Crippen molar-refractivity contribution in [3.63, 3.8) is 0 Å². The van der Waals surface area contributed by atoms with Crippen molar-refractivity contribution in [2.75, 3.05) is 0 Å². The summed E-state index contributed by atoms with van der Waals surface area (Å²) >= 11 is 0. The molecule has 0 aliphatic rings. The average Bonchev–Trinajstić information content (AvgIpc) is 0.722. The maximum absolute atomic E-state index is 10.5. The first kappa shape index (κ1) is 10.7. The monoisotopic (exact) mass is 137 g/mol. The normalized spacial score (nSPS) is 17.8. The second kappa shape index (κ2) is 3.69. The van der Waals surface area contributed by atoms with Gasteiger partial charge in [0.1, 0.15) is 0 Å². The zero-order chi connectivity index (χ0) is 4.50. The van der Waals surface area contributed by atoms with Crippen LogP contribution in [0.2, 0.25) is 0 Å². The number of rotatable bonds is 0. The molecule has 0 aromatic heterocycles. The Bertz CT molecular complexity index is 59.7. The molecule has 0 saturated heterocycles. The van der Waals surface area contributed by atoms with Crippen molar-refractivity contribution in [1.82, 2.24) is 0 Å². The second-order valence-corrected chi connectivity index (χ2v) is 1.56. The van der Waals surface area contributed by atoms with Crippen LogP contribution >= 0.6 is 7.83 Å². The van der Waals surface area contributed by atoms with Crippen LogP contribution in [-0.2, 0) is 4.57 Å². The summed E-state index contributed by atoms with van der Waals surface area (Å²) < 4.78 is 19.2. The third-order valence-corrected chi connectivity index (χ3v) is 0. The summed E-state index contributed by atoms with van der Waals surface area (Å²) in [7, 11) is -4.89. The summed E-state index contributed by atoms with van der Waals surface area (Å²) in [4.78, 5) is 8.77. The first-order valence-electron chi connectivity index (χ1n) is 0.792. The van der Waals surface area contributed by atoms with Gasteiger partial charge in [-0.25, -0.2) is 0 Å². The Morgan fingerprint density at radius 2 is 1.83 bits per heavy atom. The summed E-state index contributed by atoms with van der Waals surface area (Å²) in [6, 6.07) is 0. The number of halogens is 1. The van der Waals surface area contributed by atoms with Gasteiger partial charge in [-0.15, -0.1) is 0 Å². The Balaban J connectivity index is 0. The van der Waals surface area contributed by atoms with Gasteiger partial charge >= 0.3 is 51.4 Å². The van der Waals surface area contributed by atoms with Gasteiger partial charge in [0.2, 0.25) is 7.83 Å². The number of hydrogen-bond acceptors (Lipinski definition) is 2. The fourth-order valence-corrected chi connectivity index (χ4v) is 0. The molecule has 6 heavy (non-hydrogen) atoms. The van der Waals surface area contributed by atoms with E-state index in [0.717, 1.165) is 0 Å². The maximum atomic E-state index is 10.5. The maximum Gasteiger partial charge on any atom is 1.00 e. The molecule has 0 saturated carbocycles. The van der Waals surface area contributed by atoms with Gasteiger partial charge in [-0.1, -0.05) is 0 Å². The molecule has 0 rings (SSSR count). The molecular weight excluding hydrogens is 135 g/mol. The van der Waals surface area contributed by atoms with Crippen molar-refractivity contribution in [2.24, 2.45) is 5.50 Å². The number of hydrogen-bond donors (Lipinski definition) is 1. The predicted molar refractivity (Wildman–Crippen MR) is 12.9 cm³/mol. The van der Waals surface area contributed by atoms with Crippen molar-refractivity contribution in [1.29, 1.82) is 0 Å². The van der Waals surface area contributed by atoms with Gasteiger partial charge in [0.05, 0.1) is 0 Å². The van der Waals surface area contributed by atoms with E-state index in [2.05, 4.69) is 5.50 Å². The van der Waals surface area contributed by atoms with Crippen LogP contribution in [0.15, 0.2) is 0 Å². The second-order valence-electron chi connectivity index (χ2n) is 0.521. The first-order chi connectivity index (χ1) is 2.00. The Morgan fingerprint density at radius 3 is 1.83 bits per heavy atom. The minimum atomic E-state index is -4.89. The molecule has 0 bridgehead atoms. The average molecular weight is 137 g/mol. The predicted octanol–water partition coefficient (Wildman–Crippen LogP) is -3.61. The van der Waals surface area contributed by atoms with Gasteiger partial charge in [0.15, 0.2) is 0 Å². The fourth-order valence-electron chi connectivity index (χ4n) is 0. The van der Waals surface area contributed by atoms with E-state index in [-0.39, 0.29) is 51.4 Å². The Hall–Kier alpha value is 1.72. The molecule has 1 atom stereocenters. The zero-order valence-electron chi connectivity index (χ0n) is 3.22. The molecule has 0 aliphatic heterocycles. The van der Waals surface area contributed by atoms with Crippen molar-refractivity contribution in [3.8, 4) is 0 Å². The molecule has 6 heteroatoms. The smallest absolute Gasteiger partial charge is 0.763 e.